The van der Waals surface area contributed by atoms with Crippen molar-refractivity contribution in [3.63, 3.8) is 0 Å². The van der Waals surface area contributed by atoms with E-state index in [9.17, 15) is 9.59 Å². The summed E-state index contributed by atoms with van der Waals surface area (Å²) in [6.45, 7) is 10.0. The Labute approximate surface area is 380 Å². The molecule has 1 N–H and O–H groups in total. The second-order valence-corrected chi connectivity index (χ2v) is 19.6. The number of aromatic amines is 1. The number of amides is 1. The van der Waals surface area contributed by atoms with E-state index in [0.717, 1.165) is 29.3 Å². The molecule has 12 rings (SSSR count). The first-order chi connectivity index (χ1) is 32.1. The van der Waals surface area contributed by atoms with E-state index in [1.54, 1.807) is 44.0 Å². The molecule has 344 valence electrons. The Morgan fingerprint density at radius 1 is 0.925 bits per heavy atom. The number of hydrogen-bond donors (Lipinski definition) is 1. The van der Waals surface area contributed by atoms with Crippen molar-refractivity contribution < 1.29 is 27.2 Å². The largest absolute Gasteiger partial charge is 0.438 e. The van der Waals surface area contributed by atoms with Crippen LogP contribution >= 0.6 is 0 Å². The smallest absolute Gasteiger partial charge is 0.376 e. The summed E-state index contributed by atoms with van der Waals surface area (Å²) in [6.07, 6.45) is 5.36. The van der Waals surface area contributed by atoms with Crippen LogP contribution in [0.4, 0.5) is 13.2 Å². The minimum Gasteiger partial charge on any atom is -0.376 e. The van der Waals surface area contributed by atoms with Gasteiger partial charge in [0.2, 0.25) is 0 Å². The lowest BCUT2D eigenvalue weighted by Gasteiger charge is -2.37. The summed E-state index contributed by atoms with van der Waals surface area (Å²) in [6, 6.07) is 12.7. The van der Waals surface area contributed by atoms with Gasteiger partial charge < -0.3 is 14.2 Å². The Morgan fingerprint density at radius 3 is 2.39 bits per heavy atom. The van der Waals surface area contributed by atoms with Gasteiger partial charge in [0.15, 0.2) is 17.8 Å². The number of ether oxygens (including phenoxy) is 1. The lowest BCUT2D eigenvalue weighted by atomic mass is 9.83. The fourth-order valence-electron chi connectivity index (χ4n) is 11.7. The van der Waals surface area contributed by atoms with Crippen LogP contribution in [-0.2, 0) is 17.3 Å². The molecule has 5 aromatic heterocycles. The number of rotatable bonds is 7. The second-order valence-electron chi connectivity index (χ2n) is 19.6. The third-order valence-electron chi connectivity index (χ3n) is 15.0. The predicted molar refractivity (Wildman–Crippen MR) is 240 cm³/mol. The monoisotopic (exact) mass is 912 g/mol. The Bertz CT molecular complexity index is 3490. The van der Waals surface area contributed by atoms with Gasteiger partial charge in [-0.15, -0.1) is 0 Å². The van der Waals surface area contributed by atoms with Crippen molar-refractivity contribution in [1.29, 1.82) is 0 Å². The van der Waals surface area contributed by atoms with Gasteiger partial charge in [-0.3, -0.25) is 28.1 Å². The Hall–Kier alpha value is -6.95. The number of nitrogens with one attached hydrogen (secondary N) is 1. The molecule has 67 heavy (non-hydrogen) atoms. The highest BCUT2D eigenvalue weighted by Gasteiger charge is 2.60. The highest BCUT2D eigenvalue weighted by Crippen LogP contribution is 2.57. The molecule has 0 unspecified atom stereocenters. The molecule has 1 aliphatic carbocycles. The van der Waals surface area contributed by atoms with Crippen LogP contribution < -0.4 is 11.4 Å². The summed E-state index contributed by atoms with van der Waals surface area (Å²) in [5.41, 5.74) is 2.11. The molecule has 3 aliphatic heterocycles. The van der Waals surface area contributed by atoms with Gasteiger partial charge in [-0.1, -0.05) is 18.1 Å². The van der Waals surface area contributed by atoms with Crippen LogP contribution in [0.1, 0.15) is 115 Å². The van der Waals surface area contributed by atoms with Crippen LogP contribution in [0.2, 0.25) is 0 Å². The molecule has 4 aliphatic rings. The topological polar surface area (TPSA) is 156 Å². The van der Waals surface area contributed by atoms with Crippen LogP contribution in [0.3, 0.4) is 0 Å². The number of benzene rings is 3. The normalized spacial score (nSPS) is 24.3. The van der Waals surface area contributed by atoms with Crippen LogP contribution in [-0.4, -0.2) is 72.5 Å². The molecule has 18 heteroatoms. The summed E-state index contributed by atoms with van der Waals surface area (Å²) < 4.78 is 67.5. The summed E-state index contributed by atoms with van der Waals surface area (Å²) in [5.74, 6) is -1.65. The number of aryl methyl sites for hydroxylation is 3. The lowest BCUT2D eigenvalue weighted by Crippen LogP contribution is -2.45. The van der Waals surface area contributed by atoms with Crippen molar-refractivity contribution in [2.24, 2.45) is 13.0 Å². The predicted octanol–water partition coefficient (Wildman–Crippen LogP) is 8.05. The van der Waals surface area contributed by atoms with E-state index in [4.69, 9.17) is 14.4 Å². The Balaban J connectivity index is 1.04. The van der Waals surface area contributed by atoms with Gasteiger partial charge in [-0.25, -0.2) is 27.4 Å². The van der Waals surface area contributed by atoms with Crippen molar-refractivity contribution in [2.75, 3.05) is 6.61 Å². The summed E-state index contributed by atoms with van der Waals surface area (Å²) in [4.78, 5) is 47.4. The molecule has 15 nitrogen and oxygen atoms in total. The van der Waals surface area contributed by atoms with Gasteiger partial charge in [0.05, 0.1) is 46.2 Å². The molecule has 1 amide bonds. The van der Waals surface area contributed by atoms with Gasteiger partial charge in [-0.2, -0.15) is 10.2 Å². The fraction of sp³-hybridized carbons (Fsp3) is 0.388. The molecule has 6 atom stereocenters. The molecule has 1 saturated carbocycles. The Morgan fingerprint density at radius 2 is 1.67 bits per heavy atom. The van der Waals surface area contributed by atoms with Crippen molar-refractivity contribution in [3.8, 4) is 17.2 Å². The minimum atomic E-state index is -1.79. The number of fused-ring (bicyclic) bond motifs is 6. The summed E-state index contributed by atoms with van der Waals surface area (Å²) in [5, 5.41) is 14.2. The highest BCUT2D eigenvalue weighted by molar-refractivity contribution is 6.00. The number of carbonyl (C=O) groups is 1. The number of H-pyrrole nitrogens is 1. The SMILES string of the molecule is Cc1cc(-n2nc3c(c2-n2ccn(-c4ccc5c(cnn5C)c4F)c2=O)[C@@H]2CC[C@H]([C@H]3F)N2C(=O)c2cc3cc([C@H]4CCOC(C)(C)C4)ccc3n2[C@@]2(c3noc(=O)[nH]3)C[C@@H]2C)cc(C)c1F. The van der Waals surface area contributed by atoms with Crippen molar-refractivity contribution in [3.05, 3.63) is 139 Å². The van der Waals surface area contributed by atoms with E-state index in [-0.39, 0.29) is 51.5 Å². The lowest BCUT2D eigenvalue weighted by molar-refractivity contribution is -0.0592. The average molecular weight is 913 g/mol. The number of nitrogens with zero attached hydrogens (tertiary/aromatic N) is 9. The maximum absolute atomic E-state index is 17.7. The molecular formula is C49H47F3N10O5. The van der Waals surface area contributed by atoms with E-state index in [2.05, 4.69) is 41.2 Å². The minimum absolute atomic E-state index is 0.0213. The molecule has 3 fully saturated rings. The summed E-state index contributed by atoms with van der Waals surface area (Å²) >= 11 is 0. The maximum atomic E-state index is 17.7. The first-order valence-electron chi connectivity index (χ1n) is 22.7. The number of aromatic nitrogens is 9. The third kappa shape index (κ3) is 5.93. The zero-order valence-electron chi connectivity index (χ0n) is 37.7. The molecule has 2 saturated heterocycles. The van der Waals surface area contributed by atoms with Gasteiger partial charge in [0.1, 0.15) is 28.6 Å². The zero-order chi connectivity index (χ0) is 46.6. The number of hydrogen-bond acceptors (Lipinski definition) is 8. The van der Waals surface area contributed by atoms with Crippen LogP contribution in [0.15, 0.2) is 81.2 Å². The van der Waals surface area contributed by atoms with Gasteiger partial charge >= 0.3 is 11.4 Å². The van der Waals surface area contributed by atoms with E-state index in [0.29, 0.717) is 53.8 Å². The van der Waals surface area contributed by atoms with Gasteiger partial charge in [0.25, 0.3) is 5.91 Å². The number of imidazole rings is 1. The van der Waals surface area contributed by atoms with Crippen molar-refractivity contribution in [2.45, 2.75) is 102 Å². The first kappa shape index (κ1) is 41.5. The molecule has 8 aromatic rings. The average Bonchev–Trinajstić information content (AvgIpc) is 4.02. The molecule has 8 heterocycles. The number of alkyl halides is 1. The first-order valence-corrected chi connectivity index (χ1v) is 22.7. The standard InChI is InChI=1S/C49H47F3N10O5/c1-24-17-30(18-25(2)39(24)50)62-43(59-15-14-58(47(59)65)35-11-9-33-31(40(35)51)23-53-57(33)6)38-34-10-12-36(41(52)42(38)55-62)60(34)44(63)37-20-29-19-27(28-13-16-66-48(4,5)22-28)7-8-32(29)61(37)49(21-26(49)3)45-54-46(64)67-56-45/h7-9,11,14-15,17-20,23,26,28,34,36,41H,10,12-13,16,21-22H2,1-6H3,(H,54,56,64)/t26-,28-,34-,36+,41+,49-/m0/s1. The number of halogens is 3. The van der Waals surface area contributed by atoms with E-state index in [1.807, 2.05) is 23.6 Å². The molecule has 2 bridgehead atoms. The second kappa shape index (κ2) is 14.3. The van der Waals surface area contributed by atoms with Crippen LogP contribution in [0.5, 0.6) is 0 Å². The quantitative estimate of drug-likeness (QED) is 0.168. The molecule has 0 spiro atoms. The Kier molecular flexibility index (Phi) is 8.84. The molecule has 0 radical (unpaired) electrons. The molecular weight excluding hydrogens is 866 g/mol. The van der Waals surface area contributed by atoms with Crippen molar-refractivity contribution in [1.82, 2.24) is 48.3 Å². The van der Waals surface area contributed by atoms with Gasteiger partial charge in [-0.05, 0) is 131 Å². The fourth-order valence-corrected chi connectivity index (χ4v) is 11.7. The van der Waals surface area contributed by atoms with Crippen LogP contribution in [0.25, 0.3) is 39.0 Å². The van der Waals surface area contributed by atoms with E-state index in [1.165, 1.54) is 43.2 Å². The van der Waals surface area contributed by atoms with Gasteiger partial charge in [0, 0.05) is 42.5 Å². The number of carbonyl (C=O) groups excluding carboxylic acids is 1. The van der Waals surface area contributed by atoms with Crippen molar-refractivity contribution >= 4 is 27.7 Å². The third-order valence-corrected chi connectivity index (χ3v) is 15.0. The maximum Gasteiger partial charge on any atom is 0.438 e. The summed E-state index contributed by atoms with van der Waals surface area (Å²) in [7, 11) is 1.69. The zero-order valence-corrected chi connectivity index (χ0v) is 37.7. The van der Waals surface area contributed by atoms with E-state index >= 15 is 18.0 Å². The van der Waals surface area contributed by atoms with E-state index < -0.39 is 52.8 Å². The highest BCUT2D eigenvalue weighted by atomic mass is 19.1. The van der Waals surface area contributed by atoms with Crippen LogP contribution in [0, 0.1) is 31.4 Å². The molecule has 3 aromatic carbocycles.